The van der Waals surface area contributed by atoms with Crippen LogP contribution in [0.2, 0.25) is 0 Å². The van der Waals surface area contributed by atoms with Crippen molar-refractivity contribution in [3.05, 3.63) is 42.2 Å². The summed E-state index contributed by atoms with van der Waals surface area (Å²) in [7, 11) is 1.85. The Labute approximate surface area is 266 Å². The molecule has 4 aromatic heterocycles. The van der Waals surface area contributed by atoms with Crippen LogP contribution in [-0.2, 0) is 16.5 Å². The SMILES string of the molecule is Cn1cc(-c2cccc(NC(=O)c3cc4oc(N5CCN(C(=O)OC(C)(C)C)CC5)nc4nc3N3CCC4(CCO4)CC3)n2)cn1. The molecule has 2 amide bonds. The van der Waals surface area contributed by atoms with E-state index in [0.717, 1.165) is 31.4 Å². The van der Waals surface area contributed by atoms with Gasteiger partial charge in [-0.15, -0.1) is 0 Å². The van der Waals surface area contributed by atoms with E-state index in [1.165, 1.54) is 0 Å². The fourth-order valence-electron chi connectivity index (χ4n) is 6.11. The van der Waals surface area contributed by atoms with E-state index in [2.05, 4.69) is 20.3 Å². The minimum absolute atomic E-state index is 0.0534. The first-order valence-corrected chi connectivity index (χ1v) is 15.8. The van der Waals surface area contributed by atoms with Crippen molar-refractivity contribution < 1.29 is 23.5 Å². The maximum Gasteiger partial charge on any atom is 0.410 e. The largest absolute Gasteiger partial charge is 0.444 e. The molecule has 3 aliphatic heterocycles. The zero-order valence-corrected chi connectivity index (χ0v) is 26.7. The number of nitrogens with zero attached hydrogens (tertiary/aromatic N) is 8. The monoisotopic (exact) mass is 629 g/mol. The Bertz CT molecular complexity index is 1750. The average Bonchev–Trinajstić information content (AvgIpc) is 3.65. The molecule has 7 heterocycles. The summed E-state index contributed by atoms with van der Waals surface area (Å²) in [5.74, 6) is 0.625. The lowest BCUT2D eigenvalue weighted by Crippen LogP contribution is -2.52. The first-order chi connectivity index (χ1) is 22.0. The van der Waals surface area contributed by atoms with Crippen LogP contribution in [-0.4, -0.2) is 98.7 Å². The fourth-order valence-corrected chi connectivity index (χ4v) is 6.11. The number of nitrogens with one attached hydrogen (secondary N) is 1. The lowest BCUT2D eigenvalue weighted by Gasteiger charge is -2.48. The number of piperidine rings is 1. The first kappa shape index (κ1) is 30.0. The summed E-state index contributed by atoms with van der Waals surface area (Å²) in [6.07, 6.45) is 6.08. The number of aryl methyl sites for hydroxylation is 1. The van der Waals surface area contributed by atoms with Gasteiger partial charge in [0.2, 0.25) is 5.65 Å². The van der Waals surface area contributed by atoms with Crippen LogP contribution >= 0.6 is 0 Å². The molecule has 0 aromatic carbocycles. The molecule has 3 fully saturated rings. The molecule has 4 aromatic rings. The van der Waals surface area contributed by atoms with Crippen LogP contribution in [0.15, 0.2) is 41.1 Å². The van der Waals surface area contributed by atoms with E-state index in [4.69, 9.17) is 23.9 Å². The number of hydrogen-bond acceptors (Lipinski definition) is 11. The van der Waals surface area contributed by atoms with Gasteiger partial charge in [-0.25, -0.2) is 14.8 Å². The predicted molar refractivity (Wildman–Crippen MR) is 171 cm³/mol. The number of fused-ring (bicyclic) bond motifs is 1. The van der Waals surface area contributed by atoms with Gasteiger partial charge in [0, 0.05) is 64.1 Å². The van der Waals surface area contributed by atoms with Gasteiger partial charge < -0.3 is 33.9 Å². The van der Waals surface area contributed by atoms with Crippen molar-refractivity contribution in [3.63, 3.8) is 0 Å². The second-order valence-electron chi connectivity index (χ2n) is 13.2. The number of rotatable bonds is 5. The van der Waals surface area contributed by atoms with Gasteiger partial charge >= 0.3 is 6.09 Å². The summed E-state index contributed by atoms with van der Waals surface area (Å²) in [4.78, 5) is 46.5. The molecule has 0 bridgehead atoms. The zero-order chi connectivity index (χ0) is 32.1. The van der Waals surface area contributed by atoms with Crippen molar-refractivity contribution >= 4 is 40.9 Å². The molecular formula is C32H39N9O5. The number of amides is 2. The molecule has 0 saturated carbocycles. The highest BCUT2D eigenvalue weighted by molar-refractivity contribution is 6.08. The topological polar surface area (TPSA) is 144 Å². The Morgan fingerprint density at radius 2 is 1.74 bits per heavy atom. The van der Waals surface area contributed by atoms with Crippen LogP contribution in [0, 0.1) is 0 Å². The Kier molecular flexibility index (Phi) is 7.54. The number of anilines is 3. The van der Waals surface area contributed by atoms with E-state index in [-0.39, 0.29) is 17.6 Å². The Balaban J connectivity index is 1.14. The van der Waals surface area contributed by atoms with Crippen molar-refractivity contribution in [3.8, 4) is 11.3 Å². The zero-order valence-electron chi connectivity index (χ0n) is 26.7. The van der Waals surface area contributed by atoms with Crippen molar-refractivity contribution in [2.75, 3.05) is 61.0 Å². The maximum atomic E-state index is 13.9. The highest BCUT2D eigenvalue weighted by Crippen LogP contribution is 2.39. The normalized spacial score (nSPS) is 18.1. The second kappa shape index (κ2) is 11.6. The summed E-state index contributed by atoms with van der Waals surface area (Å²) < 4.78 is 19.3. The molecule has 1 spiro atoms. The number of hydrogen-bond donors (Lipinski definition) is 1. The van der Waals surface area contributed by atoms with Gasteiger partial charge in [-0.1, -0.05) is 6.07 Å². The molecule has 242 valence electrons. The van der Waals surface area contributed by atoms with Gasteiger partial charge in [-0.05, 0) is 52.2 Å². The van der Waals surface area contributed by atoms with E-state index < -0.39 is 5.60 Å². The van der Waals surface area contributed by atoms with E-state index in [1.807, 2.05) is 51.0 Å². The highest BCUT2D eigenvalue weighted by atomic mass is 16.6. The lowest BCUT2D eigenvalue weighted by molar-refractivity contribution is -0.158. The summed E-state index contributed by atoms with van der Waals surface area (Å²) in [5, 5.41) is 7.20. The number of pyridine rings is 2. The number of carbonyl (C=O) groups is 2. The van der Waals surface area contributed by atoms with Crippen molar-refractivity contribution in [1.29, 1.82) is 0 Å². The molecule has 7 rings (SSSR count). The maximum absolute atomic E-state index is 13.9. The van der Waals surface area contributed by atoms with E-state index in [9.17, 15) is 9.59 Å². The van der Waals surface area contributed by atoms with Crippen LogP contribution in [0.3, 0.4) is 0 Å². The molecule has 14 nitrogen and oxygen atoms in total. The van der Waals surface area contributed by atoms with Crippen LogP contribution in [0.1, 0.15) is 50.4 Å². The standard InChI is InChI=1S/C32H39N9O5/c1-31(2,3)46-30(43)41-15-13-40(14-16-41)29-37-26-24(45-29)18-22(27(36-26)39-11-8-32(9-12-39)10-17-44-32)28(42)35-25-7-5-6-23(34-25)21-19-33-38(4)20-21/h5-7,18-20H,8-17H2,1-4H3,(H,34,35,42). The van der Waals surface area contributed by atoms with Crippen molar-refractivity contribution in [1.82, 2.24) is 29.6 Å². The van der Waals surface area contributed by atoms with Crippen LogP contribution < -0.4 is 15.1 Å². The molecule has 46 heavy (non-hydrogen) atoms. The van der Waals surface area contributed by atoms with Crippen LogP contribution in [0.25, 0.3) is 22.5 Å². The molecule has 0 radical (unpaired) electrons. The molecule has 0 unspecified atom stereocenters. The van der Waals surface area contributed by atoms with Gasteiger partial charge in [0.15, 0.2) is 5.58 Å². The quantitative estimate of drug-likeness (QED) is 0.341. The summed E-state index contributed by atoms with van der Waals surface area (Å²) in [6.45, 7) is 9.80. The third-order valence-corrected chi connectivity index (χ3v) is 8.73. The Morgan fingerprint density at radius 3 is 2.39 bits per heavy atom. The predicted octanol–water partition coefficient (Wildman–Crippen LogP) is 4.09. The molecule has 3 aliphatic rings. The lowest BCUT2D eigenvalue weighted by atomic mass is 9.84. The number of oxazole rings is 1. The molecule has 1 N–H and O–H groups in total. The van der Waals surface area contributed by atoms with Crippen molar-refractivity contribution in [2.45, 2.75) is 51.2 Å². The summed E-state index contributed by atoms with van der Waals surface area (Å²) >= 11 is 0. The van der Waals surface area contributed by atoms with E-state index in [1.54, 1.807) is 27.9 Å². The second-order valence-corrected chi connectivity index (χ2v) is 13.2. The van der Waals surface area contributed by atoms with E-state index >= 15 is 0 Å². The van der Waals surface area contributed by atoms with E-state index in [0.29, 0.717) is 79.4 Å². The number of piperazine rings is 1. The van der Waals surface area contributed by atoms with Gasteiger partial charge in [0.05, 0.1) is 29.7 Å². The molecular weight excluding hydrogens is 590 g/mol. The smallest absolute Gasteiger partial charge is 0.410 e. The molecule has 3 saturated heterocycles. The van der Waals surface area contributed by atoms with Crippen LogP contribution in [0.4, 0.5) is 22.4 Å². The fraction of sp³-hybridized carbons (Fsp3) is 0.500. The Morgan fingerprint density at radius 1 is 0.978 bits per heavy atom. The van der Waals surface area contributed by atoms with Gasteiger partial charge in [0.25, 0.3) is 11.9 Å². The molecule has 0 aliphatic carbocycles. The Hall–Kier alpha value is -4.72. The van der Waals surface area contributed by atoms with Gasteiger partial charge in [-0.2, -0.15) is 10.1 Å². The van der Waals surface area contributed by atoms with Gasteiger partial charge in [-0.3, -0.25) is 9.48 Å². The van der Waals surface area contributed by atoms with Crippen molar-refractivity contribution in [2.24, 2.45) is 7.05 Å². The molecule has 14 heteroatoms. The van der Waals surface area contributed by atoms with Crippen LogP contribution in [0.5, 0.6) is 0 Å². The average molecular weight is 630 g/mol. The first-order valence-electron chi connectivity index (χ1n) is 15.8. The number of aromatic nitrogens is 5. The minimum atomic E-state index is -0.556. The number of ether oxygens (including phenoxy) is 2. The minimum Gasteiger partial charge on any atom is -0.444 e. The number of carbonyl (C=O) groups excluding carboxylic acids is 2. The third-order valence-electron chi connectivity index (χ3n) is 8.73. The summed E-state index contributed by atoms with van der Waals surface area (Å²) in [5.41, 5.74) is 2.16. The third kappa shape index (κ3) is 6.08. The van der Waals surface area contributed by atoms with Gasteiger partial charge in [0.1, 0.15) is 17.2 Å². The highest BCUT2D eigenvalue weighted by Gasteiger charge is 2.42. The summed E-state index contributed by atoms with van der Waals surface area (Å²) in [6, 6.07) is 7.60. The molecule has 0 atom stereocenters.